The number of hydrogen-bond acceptors (Lipinski definition) is 6. The summed E-state index contributed by atoms with van der Waals surface area (Å²) in [7, 11) is -3.68. The van der Waals surface area contributed by atoms with E-state index in [1.54, 1.807) is 10.6 Å². The molecule has 0 fully saturated rings. The van der Waals surface area contributed by atoms with Crippen LogP contribution in [0.1, 0.15) is 49.9 Å². The lowest BCUT2D eigenvalue weighted by Crippen LogP contribution is -2.33. The van der Waals surface area contributed by atoms with Crippen molar-refractivity contribution in [2.24, 2.45) is 4.99 Å². The van der Waals surface area contributed by atoms with E-state index in [4.69, 9.17) is 6.42 Å². The number of nitrogens with zero attached hydrogens (tertiary/aromatic N) is 4. The average molecular weight is 529 g/mol. The molecule has 3 aromatic rings. The van der Waals surface area contributed by atoms with Gasteiger partial charge < -0.3 is 4.57 Å². The van der Waals surface area contributed by atoms with Crippen LogP contribution in [0.25, 0.3) is 10.2 Å². The first-order chi connectivity index (χ1) is 17.2. The van der Waals surface area contributed by atoms with Gasteiger partial charge in [-0.05, 0) is 43.2 Å². The van der Waals surface area contributed by atoms with Crippen LogP contribution < -0.4 is 4.80 Å². The molecule has 0 aliphatic heterocycles. The van der Waals surface area contributed by atoms with Crippen LogP contribution in [0.5, 0.6) is 0 Å². The molecule has 0 aliphatic carbocycles. The number of non-ortho nitro benzene ring substituents is 1. The highest BCUT2D eigenvalue weighted by atomic mass is 32.2. The first kappa shape index (κ1) is 27.3. The SMILES string of the molecule is C#CCn1c(=NC(=O)c2ccc(S(=O)(=O)N(CCCC)CCCC)cc2)sc2cc([N+](=O)[O-])ccc21. The summed E-state index contributed by atoms with van der Waals surface area (Å²) in [6.07, 6.45) is 8.80. The zero-order valence-corrected chi connectivity index (χ0v) is 21.8. The van der Waals surface area contributed by atoms with Crippen molar-refractivity contribution in [3.8, 4) is 12.3 Å². The van der Waals surface area contributed by atoms with Crippen LogP contribution in [0.15, 0.2) is 52.4 Å². The fourth-order valence-corrected chi connectivity index (χ4v) is 6.17. The van der Waals surface area contributed by atoms with E-state index < -0.39 is 20.9 Å². The molecule has 0 spiro atoms. The maximum absolute atomic E-state index is 13.2. The number of aromatic nitrogens is 1. The van der Waals surface area contributed by atoms with E-state index in [9.17, 15) is 23.3 Å². The third kappa shape index (κ3) is 6.07. The number of nitro groups is 1. The second-order valence-electron chi connectivity index (χ2n) is 8.14. The van der Waals surface area contributed by atoms with Crippen molar-refractivity contribution < 1.29 is 18.1 Å². The summed E-state index contributed by atoms with van der Waals surface area (Å²) >= 11 is 1.12. The Bertz CT molecular complexity index is 1460. The van der Waals surface area contributed by atoms with Gasteiger partial charge in [0.15, 0.2) is 4.80 Å². The quantitative estimate of drug-likeness (QED) is 0.205. The number of unbranched alkanes of at least 4 members (excludes halogenated alkanes) is 2. The normalized spacial score (nSPS) is 12.2. The van der Waals surface area contributed by atoms with Crippen LogP contribution in [0, 0.1) is 22.5 Å². The van der Waals surface area contributed by atoms with Crippen molar-refractivity contribution >= 4 is 43.2 Å². The predicted molar refractivity (Wildman–Crippen MR) is 140 cm³/mol. The Morgan fingerprint density at radius 1 is 1.14 bits per heavy atom. The van der Waals surface area contributed by atoms with E-state index in [2.05, 4.69) is 10.9 Å². The summed E-state index contributed by atoms with van der Waals surface area (Å²) in [5.74, 6) is 1.94. The average Bonchev–Trinajstić information content (AvgIpc) is 3.20. The van der Waals surface area contributed by atoms with Gasteiger partial charge in [-0.15, -0.1) is 6.42 Å². The van der Waals surface area contributed by atoms with Crippen molar-refractivity contribution in [2.45, 2.75) is 51.0 Å². The summed E-state index contributed by atoms with van der Waals surface area (Å²) in [6, 6.07) is 10.1. The van der Waals surface area contributed by atoms with Crippen molar-refractivity contribution in [3.63, 3.8) is 0 Å². The minimum Gasteiger partial charge on any atom is -0.305 e. The van der Waals surface area contributed by atoms with E-state index in [1.165, 1.54) is 40.7 Å². The van der Waals surface area contributed by atoms with E-state index in [0.717, 1.165) is 37.0 Å². The van der Waals surface area contributed by atoms with E-state index in [-0.39, 0.29) is 22.7 Å². The molecule has 0 N–H and O–H groups in total. The zero-order chi connectivity index (χ0) is 26.3. The highest BCUT2D eigenvalue weighted by molar-refractivity contribution is 7.89. The van der Waals surface area contributed by atoms with Crippen LogP contribution >= 0.6 is 11.3 Å². The summed E-state index contributed by atoms with van der Waals surface area (Å²) < 4.78 is 30.0. The molecule has 9 nitrogen and oxygen atoms in total. The van der Waals surface area contributed by atoms with E-state index in [1.807, 2.05) is 13.8 Å². The minimum absolute atomic E-state index is 0.0711. The highest BCUT2D eigenvalue weighted by Crippen LogP contribution is 2.23. The zero-order valence-electron chi connectivity index (χ0n) is 20.2. The third-order valence-electron chi connectivity index (χ3n) is 5.58. The lowest BCUT2D eigenvalue weighted by Gasteiger charge is -2.22. The van der Waals surface area contributed by atoms with Gasteiger partial charge >= 0.3 is 0 Å². The van der Waals surface area contributed by atoms with Crippen LogP contribution in [-0.4, -0.2) is 41.2 Å². The molecule has 2 aromatic carbocycles. The molecule has 3 rings (SSSR count). The smallest absolute Gasteiger partial charge is 0.279 e. The number of nitro benzene ring substituents is 1. The van der Waals surface area contributed by atoms with E-state index in [0.29, 0.717) is 28.1 Å². The number of amides is 1. The molecule has 0 unspecified atom stereocenters. The molecule has 0 aliphatic rings. The Labute approximate surface area is 214 Å². The van der Waals surface area contributed by atoms with Gasteiger partial charge in [0.05, 0.1) is 26.6 Å². The lowest BCUT2D eigenvalue weighted by atomic mass is 10.2. The van der Waals surface area contributed by atoms with Gasteiger partial charge in [0.1, 0.15) is 0 Å². The molecule has 0 saturated carbocycles. The first-order valence-corrected chi connectivity index (χ1v) is 13.9. The summed E-state index contributed by atoms with van der Waals surface area (Å²) in [6.45, 7) is 5.06. The second-order valence-corrected chi connectivity index (χ2v) is 11.1. The Balaban J connectivity index is 1.94. The second kappa shape index (κ2) is 12.1. The van der Waals surface area contributed by atoms with Crippen molar-refractivity contribution in [1.82, 2.24) is 8.87 Å². The number of carbonyl (C=O) groups excluding carboxylic acids is 1. The number of hydrogen-bond donors (Lipinski definition) is 0. The topological polar surface area (TPSA) is 115 Å². The van der Waals surface area contributed by atoms with Crippen LogP contribution in [0.3, 0.4) is 0 Å². The molecule has 1 amide bonds. The number of benzene rings is 2. The third-order valence-corrected chi connectivity index (χ3v) is 8.54. The van der Waals surface area contributed by atoms with Gasteiger partial charge in [-0.3, -0.25) is 14.9 Å². The maximum atomic E-state index is 13.2. The predicted octanol–water partition coefficient (Wildman–Crippen LogP) is 4.58. The minimum atomic E-state index is -3.68. The number of fused-ring (bicyclic) bond motifs is 1. The van der Waals surface area contributed by atoms with Gasteiger partial charge in [-0.25, -0.2) is 8.42 Å². The highest BCUT2D eigenvalue weighted by Gasteiger charge is 2.24. The molecule has 0 saturated heterocycles. The van der Waals surface area contributed by atoms with Gasteiger partial charge in [0, 0.05) is 30.8 Å². The van der Waals surface area contributed by atoms with E-state index >= 15 is 0 Å². The van der Waals surface area contributed by atoms with Gasteiger partial charge in [0.25, 0.3) is 11.6 Å². The molecule has 0 bridgehead atoms. The number of terminal acetylenes is 1. The number of rotatable bonds is 11. The monoisotopic (exact) mass is 528 g/mol. The van der Waals surface area contributed by atoms with Crippen molar-refractivity contribution in [1.29, 1.82) is 0 Å². The Hall–Kier alpha value is -3.33. The molecule has 11 heteroatoms. The molecular formula is C25H28N4O5S2. The lowest BCUT2D eigenvalue weighted by molar-refractivity contribution is -0.384. The standard InChI is InChI=1S/C25H28N4O5S2/c1-4-7-16-27(17-8-5-2)36(33,34)21-12-9-19(10-13-21)24(30)26-25-28(15-6-3)22-14-11-20(29(31)32)18-23(22)35-25/h3,9-14,18H,4-5,7-8,15-17H2,1-2H3. The van der Waals surface area contributed by atoms with Gasteiger partial charge in [-0.1, -0.05) is 43.9 Å². The Kier molecular flexibility index (Phi) is 9.14. The van der Waals surface area contributed by atoms with Gasteiger partial charge in [0.2, 0.25) is 10.0 Å². The van der Waals surface area contributed by atoms with Crippen LogP contribution in [0.2, 0.25) is 0 Å². The Morgan fingerprint density at radius 3 is 2.33 bits per heavy atom. The van der Waals surface area contributed by atoms with Crippen LogP contribution in [-0.2, 0) is 16.6 Å². The molecule has 1 aromatic heterocycles. The summed E-state index contributed by atoms with van der Waals surface area (Å²) in [5, 5.41) is 11.1. The van der Waals surface area contributed by atoms with Crippen LogP contribution in [0.4, 0.5) is 5.69 Å². The molecule has 36 heavy (non-hydrogen) atoms. The molecule has 1 heterocycles. The summed E-state index contributed by atoms with van der Waals surface area (Å²) in [5.41, 5.74) is 0.785. The summed E-state index contributed by atoms with van der Waals surface area (Å²) in [4.78, 5) is 28.1. The largest absolute Gasteiger partial charge is 0.305 e. The Morgan fingerprint density at radius 2 is 1.78 bits per heavy atom. The number of sulfonamides is 1. The number of carbonyl (C=O) groups is 1. The number of thiazole rings is 1. The first-order valence-electron chi connectivity index (χ1n) is 11.6. The fraction of sp³-hybridized carbons (Fsp3) is 0.360. The van der Waals surface area contributed by atoms with Crippen molar-refractivity contribution in [3.05, 3.63) is 62.9 Å². The molecule has 190 valence electrons. The molecular weight excluding hydrogens is 500 g/mol. The fourth-order valence-electron chi connectivity index (χ4n) is 3.60. The molecule has 0 atom stereocenters. The van der Waals surface area contributed by atoms with Gasteiger partial charge in [-0.2, -0.15) is 9.30 Å². The maximum Gasteiger partial charge on any atom is 0.279 e. The molecule has 0 radical (unpaired) electrons. The van der Waals surface area contributed by atoms with Crippen molar-refractivity contribution in [2.75, 3.05) is 13.1 Å².